The van der Waals surface area contributed by atoms with Crippen LogP contribution in [0.15, 0.2) is 24.3 Å². The smallest absolute Gasteiger partial charge is 0.310 e. The molecule has 1 saturated heterocycles. The Morgan fingerprint density at radius 3 is 2.50 bits per heavy atom. The predicted octanol–water partition coefficient (Wildman–Crippen LogP) is 2.51. The molecule has 0 unspecified atom stereocenters. The van der Waals surface area contributed by atoms with Gasteiger partial charge < -0.3 is 10.1 Å². The van der Waals surface area contributed by atoms with E-state index in [2.05, 4.69) is 5.32 Å². The van der Waals surface area contributed by atoms with Crippen LogP contribution in [0.2, 0.25) is 0 Å². The number of hydrogen-bond donors (Lipinski definition) is 1. The van der Waals surface area contributed by atoms with Crippen molar-refractivity contribution in [1.29, 1.82) is 0 Å². The Kier molecular flexibility index (Phi) is 5.60. The summed E-state index contributed by atoms with van der Waals surface area (Å²) in [6.45, 7) is 3.01. The van der Waals surface area contributed by atoms with Crippen molar-refractivity contribution in [3.8, 4) is 0 Å². The number of esters is 1. The Morgan fingerprint density at radius 1 is 1.27 bits per heavy atom. The van der Waals surface area contributed by atoms with Gasteiger partial charge in [-0.15, -0.1) is 0 Å². The summed E-state index contributed by atoms with van der Waals surface area (Å²) in [6, 6.07) is 6.53. The fourth-order valence-corrected chi connectivity index (χ4v) is 3.41. The van der Waals surface area contributed by atoms with Gasteiger partial charge in [0.05, 0.1) is 5.92 Å². The average molecular weight is 321 g/mol. The molecule has 0 aromatic heterocycles. The van der Waals surface area contributed by atoms with Crippen LogP contribution >= 0.6 is 11.8 Å². The van der Waals surface area contributed by atoms with Gasteiger partial charge in [0.1, 0.15) is 0 Å². The Morgan fingerprint density at radius 2 is 1.95 bits per heavy atom. The Bertz CT molecular complexity index is 564. The summed E-state index contributed by atoms with van der Waals surface area (Å²) >= 11 is 1.73. The molecular formula is C16H19NO4S. The molecule has 1 N–H and O–H groups in total. The van der Waals surface area contributed by atoms with Gasteiger partial charge in [0.2, 0.25) is 11.7 Å². The van der Waals surface area contributed by atoms with E-state index in [-0.39, 0.29) is 23.6 Å². The molecule has 1 fully saturated rings. The van der Waals surface area contributed by atoms with Crippen LogP contribution in [0, 0.1) is 5.92 Å². The molecule has 0 saturated carbocycles. The lowest BCUT2D eigenvalue weighted by Gasteiger charge is -2.15. The number of anilines is 1. The van der Waals surface area contributed by atoms with Crippen molar-refractivity contribution in [1.82, 2.24) is 0 Å². The van der Waals surface area contributed by atoms with Gasteiger partial charge in [-0.25, -0.2) is 0 Å². The van der Waals surface area contributed by atoms with E-state index in [1.54, 1.807) is 43.0 Å². The van der Waals surface area contributed by atoms with E-state index in [0.29, 0.717) is 11.3 Å². The zero-order chi connectivity index (χ0) is 16.1. The third kappa shape index (κ3) is 4.34. The molecule has 118 valence electrons. The fraction of sp³-hybridized carbons (Fsp3) is 0.438. The summed E-state index contributed by atoms with van der Waals surface area (Å²) in [6.07, 6.45) is 0.0141. The Hall–Kier alpha value is -1.82. The summed E-state index contributed by atoms with van der Waals surface area (Å²) in [4.78, 5) is 35.1. The highest BCUT2D eigenvalue weighted by molar-refractivity contribution is 7.99. The lowest BCUT2D eigenvalue weighted by molar-refractivity contribution is -0.150. The van der Waals surface area contributed by atoms with Crippen molar-refractivity contribution in [3.63, 3.8) is 0 Å². The molecule has 0 spiro atoms. The van der Waals surface area contributed by atoms with Crippen molar-refractivity contribution >= 4 is 35.1 Å². The largest absolute Gasteiger partial charge is 0.454 e. The van der Waals surface area contributed by atoms with Crippen LogP contribution in [-0.4, -0.2) is 35.3 Å². The number of nitrogens with one attached hydrogen (secondary N) is 1. The van der Waals surface area contributed by atoms with Crippen molar-refractivity contribution < 1.29 is 19.1 Å². The molecule has 0 aliphatic carbocycles. The van der Waals surface area contributed by atoms with E-state index >= 15 is 0 Å². The fourth-order valence-electron chi connectivity index (χ4n) is 2.20. The first-order valence-corrected chi connectivity index (χ1v) is 8.33. The summed E-state index contributed by atoms with van der Waals surface area (Å²) < 4.78 is 5.27. The van der Waals surface area contributed by atoms with Crippen molar-refractivity contribution in [2.75, 3.05) is 16.8 Å². The van der Waals surface area contributed by atoms with E-state index in [1.165, 1.54) is 6.92 Å². The molecule has 0 radical (unpaired) electrons. The third-order valence-electron chi connectivity index (χ3n) is 3.41. The highest BCUT2D eigenvalue weighted by atomic mass is 32.2. The van der Waals surface area contributed by atoms with Gasteiger partial charge in [-0.05, 0) is 43.4 Å². The molecule has 1 aromatic carbocycles. The highest BCUT2D eigenvalue weighted by Crippen LogP contribution is 2.25. The number of carbonyl (C=O) groups excluding carboxylic acids is 3. The van der Waals surface area contributed by atoms with Crippen LogP contribution in [0.4, 0.5) is 5.69 Å². The lowest BCUT2D eigenvalue weighted by Crippen LogP contribution is -2.28. The molecule has 1 heterocycles. The molecule has 22 heavy (non-hydrogen) atoms. The van der Waals surface area contributed by atoms with Gasteiger partial charge in [0, 0.05) is 23.9 Å². The number of amides is 1. The summed E-state index contributed by atoms with van der Waals surface area (Å²) in [5.74, 6) is 0.935. The van der Waals surface area contributed by atoms with Crippen LogP contribution in [0.5, 0.6) is 0 Å². The molecule has 6 heteroatoms. The first kappa shape index (κ1) is 16.5. The molecule has 0 bridgehead atoms. The quantitative estimate of drug-likeness (QED) is 0.666. The predicted molar refractivity (Wildman–Crippen MR) is 86.1 cm³/mol. The molecule has 1 aliphatic rings. The number of hydrogen-bond acceptors (Lipinski definition) is 5. The topological polar surface area (TPSA) is 72.5 Å². The lowest BCUT2D eigenvalue weighted by atomic mass is 10.1. The Labute approximate surface area is 133 Å². The van der Waals surface area contributed by atoms with Crippen LogP contribution in [0.1, 0.15) is 30.6 Å². The highest BCUT2D eigenvalue weighted by Gasteiger charge is 2.28. The minimum absolute atomic E-state index is 0.0950. The van der Waals surface area contributed by atoms with E-state index in [0.717, 1.165) is 17.9 Å². The first-order chi connectivity index (χ1) is 10.5. The van der Waals surface area contributed by atoms with Gasteiger partial charge in [0.25, 0.3) is 0 Å². The zero-order valence-electron chi connectivity index (χ0n) is 12.6. The van der Waals surface area contributed by atoms with E-state index in [9.17, 15) is 14.4 Å². The van der Waals surface area contributed by atoms with Gasteiger partial charge in [0.15, 0.2) is 6.10 Å². The zero-order valence-corrected chi connectivity index (χ0v) is 13.4. The third-order valence-corrected chi connectivity index (χ3v) is 4.58. The van der Waals surface area contributed by atoms with Crippen molar-refractivity contribution in [2.24, 2.45) is 5.92 Å². The van der Waals surface area contributed by atoms with E-state index in [4.69, 9.17) is 4.74 Å². The molecule has 5 nitrogen and oxygen atoms in total. The molecule has 2 rings (SSSR count). The number of rotatable bonds is 5. The monoisotopic (exact) mass is 321 g/mol. The first-order valence-electron chi connectivity index (χ1n) is 7.17. The number of benzene rings is 1. The minimum atomic E-state index is -0.801. The van der Waals surface area contributed by atoms with Crippen molar-refractivity contribution in [2.45, 2.75) is 26.4 Å². The van der Waals surface area contributed by atoms with Gasteiger partial charge in [-0.3, -0.25) is 14.4 Å². The summed E-state index contributed by atoms with van der Waals surface area (Å²) in [5.41, 5.74) is 1.08. The maximum Gasteiger partial charge on any atom is 0.310 e. The average Bonchev–Trinajstić information content (AvgIpc) is 3.01. The second-order valence-corrected chi connectivity index (χ2v) is 6.41. The molecule has 1 amide bonds. The number of ether oxygens (including phenoxy) is 1. The molecule has 1 aliphatic heterocycles. The Balaban J connectivity index is 1.94. The second-order valence-electron chi connectivity index (χ2n) is 5.26. The number of thioether (sulfide) groups is 1. The minimum Gasteiger partial charge on any atom is -0.454 e. The summed E-state index contributed by atoms with van der Waals surface area (Å²) in [5, 5.41) is 2.63. The molecular weight excluding hydrogens is 302 g/mol. The van der Waals surface area contributed by atoms with E-state index in [1.807, 2.05) is 0 Å². The summed E-state index contributed by atoms with van der Waals surface area (Å²) in [7, 11) is 0. The van der Waals surface area contributed by atoms with Crippen LogP contribution in [0.25, 0.3) is 0 Å². The SMILES string of the molecule is CC(=O)Nc1ccc(C(=O)[C@@H](C)OC(=O)[C@H]2CCSC2)cc1. The van der Waals surface area contributed by atoms with Crippen LogP contribution in [0.3, 0.4) is 0 Å². The maximum atomic E-state index is 12.3. The maximum absolute atomic E-state index is 12.3. The number of ketones is 1. The second kappa shape index (κ2) is 7.45. The normalized spacial score (nSPS) is 18.5. The van der Waals surface area contributed by atoms with Crippen LogP contribution in [-0.2, 0) is 14.3 Å². The standard InChI is InChI=1S/C16H19NO4S/c1-10(21-16(20)13-7-8-22-9-13)15(19)12-3-5-14(6-4-12)17-11(2)18/h3-6,10,13H,7-9H2,1-2H3,(H,17,18)/t10-,13+/m1/s1. The van der Waals surface area contributed by atoms with Gasteiger partial charge in [-0.2, -0.15) is 11.8 Å². The molecule has 1 aromatic rings. The van der Waals surface area contributed by atoms with Gasteiger partial charge >= 0.3 is 5.97 Å². The number of carbonyl (C=O) groups is 3. The molecule has 2 atom stereocenters. The van der Waals surface area contributed by atoms with E-state index < -0.39 is 6.10 Å². The van der Waals surface area contributed by atoms with Gasteiger partial charge in [-0.1, -0.05) is 0 Å². The number of Topliss-reactive ketones (excluding diaryl/α,β-unsaturated/α-hetero) is 1. The van der Waals surface area contributed by atoms with Crippen molar-refractivity contribution in [3.05, 3.63) is 29.8 Å². The van der Waals surface area contributed by atoms with Crippen LogP contribution < -0.4 is 5.32 Å².